The molecule has 1 aliphatic heterocycles. The van der Waals surface area contributed by atoms with Crippen LogP contribution in [0.2, 0.25) is 0 Å². The summed E-state index contributed by atoms with van der Waals surface area (Å²) in [4.78, 5) is 0. The molecule has 11 heavy (non-hydrogen) atoms. The highest BCUT2D eigenvalue weighted by atomic mass is 14.8. The first-order valence-electron chi connectivity index (χ1n) is 4.94. The van der Waals surface area contributed by atoms with Crippen LogP contribution in [0.25, 0.3) is 0 Å². The first kappa shape index (κ1) is 11.0. The van der Waals surface area contributed by atoms with Gasteiger partial charge in [-0.25, -0.2) is 0 Å². The van der Waals surface area contributed by atoms with Crippen LogP contribution < -0.4 is 5.32 Å². The minimum atomic E-state index is 0.833. The molecule has 1 saturated heterocycles. The predicted octanol–water partition coefficient (Wildman–Crippen LogP) is 2.81. The van der Waals surface area contributed by atoms with Gasteiger partial charge in [0.25, 0.3) is 0 Å². The first-order chi connectivity index (χ1) is 5.23. The topological polar surface area (TPSA) is 12.0 Å². The van der Waals surface area contributed by atoms with E-state index in [1.807, 2.05) is 0 Å². The second kappa shape index (κ2) is 8.06. The Hall–Kier alpha value is -0.0400. The third-order valence-corrected chi connectivity index (χ3v) is 1.46. The molecule has 1 heteroatoms. The van der Waals surface area contributed by atoms with Crippen LogP contribution in [0.1, 0.15) is 46.5 Å². The molecule has 0 aromatic rings. The van der Waals surface area contributed by atoms with Crippen LogP contribution >= 0.6 is 0 Å². The van der Waals surface area contributed by atoms with E-state index in [1.54, 1.807) is 0 Å². The first-order valence-corrected chi connectivity index (χ1v) is 4.94. The highest BCUT2D eigenvalue weighted by Gasteiger charge is 1.94. The Morgan fingerprint density at radius 1 is 0.818 bits per heavy atom. The monoisotopic (exact) mass is 157 g/mol. The van der Waals surface area contributed by atoms with Gasteiger partial charge in [0, 0.05) is 0 Å². The van der Waals surface area contributed by atoms with E-state index in [0.29, 0.717) is 0 Å². The molecule has 0 aromatic carbocycles. The molecule has 0 radical (unpaired) electrons. The van der Waals surface area contributed by atoms with Crippen molar-refractivity contribution >= 4 is 0 Å². The van der Waals surface area contributed by atoms with E-state index in [-0.39, 0.29) is 0 Å². The van der Waals surface area contributed by atoms with Crippen molar-refractivity contribution < 1.29 is 0 Å². The Kier molecular flexibility index (Phi) is 8.03. The second-order valence-corrected chi connectivity index (χ2v) is 3.90. The van der Waals surface area contributed by atoms with E-state index in [0.717, 1.165) is 5.92 Å². The molecule has 68 valence electrons. The van der Waals surface area contributed by atoms with E-state index in [4.69, 9.17) is 0 Å². The number of nitrogens with one attached hydrogen (secondary N) is 1. The molecular formula is C10H23N. The number of hydrogen-bond acceptors (Lipinski definition) is 1. The normalized spacial score (nSPS) is 18.5. The van der Waals surface area contributed by atoms with Gasteiger partial charge in [-0.2, -0.15) is 0 Å². The Bertz CT molecular complexity index is 46.9. The molecule has 1 aliphatic rings. The van der Waals surface area contributed by atoms with Crippen molar-refractivity contribution in [3.63, 3.8) is 0 Å². The molecule has 0 atom stereocenters. The van der Waals surface area contributed by atoms with Crippen molar-refractivity contribution in [2.75, 3.05) is 13.1 Å². The smallest absolute Gasteiger partial charge is 0.00489 e. The van der Waals surface area contributed by atoms with Crippen molar-refractivity contribution in [3.05, 3.63) is 0 Å². The molecule has 1 fully saturated rings. The molecule has 0 aliphatic carbocycles. The van der Waals surface area contributed by atoms with Crippen molar-refractivity contribution in [2.45, 2.75) is 46.5 Å². The van der Waals surface area contributed by atoms with Crippen molar-refractivity contribution in [2.24, 2.45) is 5.92 Å². The summed E-state index contributed by atoms with van der Waals surface area (Å²) in [7, 11) is 0. The van der Waals surface area contributed by atoms with Crippen LogP contribution in [0.15, 0.2) is 0 Å². The summed E-state index contributed by atoms with van der Waals surface area (Å²) in [5.74, 6) is 0.833. The van der Waals surface area contributed by atoms with E-state index >= 15 is 0 Å². The highest BCUT2D eigenvalue weighted by Crippen LogP contribution is 2.00. The summed E-state index contributed by atoms with van der Waals surface area (Å²) >= 11 is 0. The van der Waals surface area contributed by atoms with Crippen LogP contribution in [0, 0.1) is 5.92 Å². The van der Waals surface area contributed by atoms with Gasteiger partial charge >= 0.3 is 0 Å². The van der Waals surface area contributed by atoms with Gasteiger partial charge in [0.1, 0.15) is 0 Å². The standard InChI is InChI=1S/C6H13N.C4H10/c1-2-4-6-7-5-3-1;1-4(2)3/h7H,1-6H2;4H,1-3H3. The lowest BCUT2D eigenvalue weighted by Gasteiger charge is -1.91. The van der Waals surface area contributed by atoms with Crippen LogP contribution in [-0.2, 0) is 0 Å². The fraction of sp³-hybridized carbons (Fsp3) is 1.00. The largest absolute Gasteiger partial charge is 0.317 e. The molecule has 1 N–H and O–H groups in total. The molecule has 1 heterocycles. The van der Waals surface area contributed by atoms with E-state index in [1.165, 1.54) is 38.8 Å². The lowest BCUT2D eigenvalue weighted by Crippen LogP contribution is -2.12. The van der Waals surface area contributed by atoms with Gasteiger partial charge in [0.15, 0.2) is 0 Å². The molecule has 1 nitrogen and oxygen atoms in total. The lowest BCUT2D eigenvalue weighted by molar-refractivity contribution is 0.702. The van der Waals surface area contributed by atoms with Gasteiger partial charge in [-0.15, -0.1) is 0 Å². The van der Waals surface area contributed by atoms with Crippen molar-refractivity contribution in [1.29, 1.82) is 0 Å². The van der Waals surface area contributed by atoms with Crippen LogP contribution in [-0.4, -0.2) is 13.1 Å². The van der Waals surface area contributed by atoms with Crippen LogP contribution in [0.4, 0.5) is 0 Å². The fourth-order valence-electron chi connectivity index (χ4n) is 0.979. The summed E-state index contributed by atoms with van der Waals surface area (Å²) in [6.07, 6.45) is 5.65. The fourth-order valence-corrected chi connectivity index (χ4v) is 0.979. The van der Waals surface area contributed by atoms with Gasteiger partial charge < -0.3 is 5.32 Å². The molecule has 0 amide bonds. The van der Waals surface area contributed by atoms with Crippen LogP contribution in [0.3, 0.4) is 0 Å². The maximum absolute atomic E-state index is 3.35. The number of rotatable bonds is 0. The van der Waals surface area contributed by atoms with E-state index in [9.17, 15) is 0 Å². The SMILES string of the molecule is C1CCCNCC1.CC(C)C. The summed E-state index contributed by atoms with van der Waals surface area (Å²) in [6.45, 7) is 9.00. The molecule has 0 spiro atoms. The minimum absolute atomic E-state index is 0.833. The predicted molar refractivity (Wildman–Crippen MR) is 51.8 cm³/mol. The maximum atomic E-state index is 3.35. The van der Waals surface area contributed by atoms with E-state index in [2.05, 4.69) is 26.1 Å². The van der Waals surface area contributed by atoms with E-state index < -0.39 is 0 Å². The molecular weight excluding hydrogens is 134 g/mol. The molecule has 0 bridgehead atoms. The molecule has 0 aromatic heterocycles. The van der Waals surface area contributed by atoms with Crippen molar-refractivity contribution in [1.82, 2.24) is 5.32 Å². The number of hydrogen-bond donors (Lipinski definition) is 1. The maximum Gasteiger partial charge on any atom is -0.00489 e. The molecule has 0 unspecified atom stereocenters. The zero-order chi connectivity index (χ0) is 8.53. The highest BCUT2D eigenvalue weighted by molar-refractivity contribution is 4.54. The van der Waals surface area contributed by atoms with Gasteiger partial charge in [-0.3, -0.25) is 0 Å². The Morgan fingerprint density at radius 2 is 1.18 bits per heavy atom. The second-order valence-electron chi connectivity index (χ2n) is 3.90. The Labute approximate surface area is 71.6 Å². The molecule has 1 rings (SSSR count). The van der Waals surface area contributed by atoms with Crippen LogP contribution in [0.5, 0.6) is 0 Å². The quantitative estimate of drug-likeness (QED) is 0.570. The van der Waals surface area contributed by atoms with Gasteiger partial charge in [0.05, 0.1) is 0 Å². The van der Waals surface area contributed by atoms with Gasteiger partial charge in [-0.1, -0.05) is 33.6 Å². The average Bonchev–Trinajstić information content (AvgIpc) is 2.13. The zero-order valence-corrected chi connectivity index (χ0v) is 8.32. The third kappa shape index (κ3) is 13.0. The summed E-state index contributed by atoms with van der Waals surface area (Å²) in [5, 5.41) is 3.35. The molecule has 0 saturated carbocycles. The zero-order valence-electron chi connectivity index (χ0n) is 8.32. The summed E-state index contributed by atoms with van der Waals surface area (Å²) in [6, 6.07) is 0. The summed E-state index contributed by atoms with van der Waals surface area (Å²) < 4.78 is 0. The Morgan fingerprint density at radius 3 is 1.55 bits per heavy atom. The lowest BCUT2D eigenvalue weighted by atomic mass is 10.2. The van der Waals surface area contributed by atoms with Gasteiger partial charge in [0.2, 0.25) is 0 Å². The summed E-state index contributed by atoms with van der Waals surface area (Å²) in [5.41, 5.74) is 0. The third-order valence-electron chi connectivity index (χ3n) is 1.46. The minimum Gasteiger partial charge on any atom is -0.317 e. The van der Waals surface area contributed by atoms with Gasteiger partial charge in [-0.05, 0) is 31.8 Å². The van der Waals surface area contributed by atoms with Crippen molar-refractivity contribution in [3.8, 4) is 0 Å². The Balaban J connectivity index is 0.000000218. The average molecular weight is 157 g/mol.